The summed E-state index contributed by atoms with van der Waals surface area (Å²) < 4.78 is 0. The molecule has 0 aliphatic heterocycles. The standard InChI is InChI=1S/C11H22N2O2/c1-12-10(14)8-6-4-3-5-7-9-11(15)13-2/h3-9H2,1-2H3,(H,12,14)(H,13,15). The van der Waals surface area contributed by atoms with Crippen LogP contribution in [0.2, 0.25) is 0 Å². The summed E-state index contributed by atoms with van der Waals surface area (Å²) in [7, 11) is 3.32. The van der Waals surface area contributed by atoms with Crippen LogP contribution in [0.4, 0.5) is 0 Å². The number of unbranched alkanes of at least 4 members (excludes halogenated alkanes) is 4. The molecule has 2 N–H and O–H groups in total. The molecule has 0 saturated heterocycles. The highest BCUT2D eigenvalue weighted by Crippen LogP contribution is 2.06. The van der Waals surface area contributed by atoms with E-state index in [1.807, 2.05) is 0 Å². The predicted octanol–water partition coefficient (Wildman–Crippen LogP) is 1.21. The molecule has 0 radical (unpaired) electrons. The molecule has 2 amide bonds. The zero-order valence-electron chi connectivity index (χ0n) is 9.77. The Morgan fingerprint density at radius 1 is 0.733 bits per heavy atom. The lowest BCUT2D eigenvalue weighted by Crippen LogP contribution is -2.17. The van der Waals surface area contributed by atoms with Gasteiger partial charge in [0.2, 0.25) is 11.8 Å². The van der Waals surface area contributed by atoms with Crippen molar-refractivity contribution in [2.45, 2.75) is 44.9 Å². The number of carbonyl (C=O) groups excluding carboxylic acids is 2. The molecule has 0 atom stereocenters. The molecule has 0 saturated carbocycles. The third kappa shape index (κ3) is 9.25. The van der Waals surface area contributed by atoms with Gasteiger partial charge in [-0.15, -0.1) is 0 Å². The highest BCUT2D eigenvalue weighted by molar-refractivity contribution is 5.75. The van der Waals surface area contributed by atoms with Crippen molar-refractivity contribution in [2.75, 3.05) is 14.1 Å². The first-order chi connectivity index (χ1) is 7.20. The van der Waals surface area contributed by atoms with Crippen molar-refractivity contribution in [3.8, 4) is 0 Å². The molecule has 0 unspecified atom stereocenters. The van der Waals surface area contributed by atoms with E-state index < -0.39 is 0 Å². The lowest BCUT2D eigenvalue weighted by atomic mass is 10.1. The van der Waals surface area contributed by atoms with E-state index in [-0.39, 0.29) is 11.8 Å². The SMILES string of the molecule is CNC(=O)CCCCCCCC(=O)NC. The van der Waals surface area contributed by atoms with Crippen LogP contribution in [0.15, 0.2) is 0 Å². The van der Waals surface area contributed by atoms with Gasteiger partial charge in [0.25, 0.3) is 0 Å². The maximum Gasteiger partial charge on any atom is 0.219 e. The molecule has 4 nitrogen and oxygen atoms in total. The minimum Gasteiger partial charge on any atom is -0.359 e. The van der Waals surface area contributed by atoms with Crippen molar-refractivity contribution in [3.05, 3.63) is 0 Å². The summed E-state index contributed by atoms with van der Waals surface area (Å²) in [4.78, 5) is 21.7. The normalized spacial score (nSPS) is 9.73. The van der Waals surface area contributed by atoms with Gasteiger partial charge >= 0.3 is 0 Å². The number of carbonyl (C=O) groups is 2. The van der Waals surface area contributed by atoms with Gasteiger partial charge in [0.1, 0.15) is 0 Å². The van der Waals surface area contributed by atoms with Crippen molar-refractivity contribution >= 4 is 11.8 Å². The van der Waals surface area contributed by atoms with Crippen molar-refractivity contribution in [3.63, 3.8) is 0 Å². The van der Waals surface area contributed by atoms with Gasteiger partial charge in [0.15, 0.2) is 0 Å². The number of rotatable bonds is 8. The molecular formula is C11H22N2O2. The second-order valence-corrected chi connectivity index (χ2v) is 3.61. The molecule has 0 aliphatic carbocycles. The van der Waals surface area contributed by atoms with E-state index >= 15 is 0 Å². The fourth-order valence-corrected chi connectivity index (χ4v) is 1.35. The number of nitrogens with one attached hydrogen (secondary N) is 2. The average molecular weight is 214 g/mol. The molecule has 0 bridgehead atoms. The quantitative estimate of drug-likeness (QED) is 0.597. The Bertz CT molecular complexity index is 173. The van der Waals surface area contributed by atoms with Crippen LogP contribution >= 0.6 is 0 Å². The molecule has 0 aromatic carbocycles. The summed E-state index contributed by atoms with van der Waals surface area (Å²) in [6.45, 7) is 0. The van der Waals surface area contributed by atoms with E-state index in [0.29, 0.717) is 12.8 Å². The van der Waals surface area contributed by atoms with Crippen LogP contribution in [0, 0.1) is 0 Å². The van der Waals surface area contributed by atoms with Gasteiger partial charge in [-0.3, -0.25) is 9.59 Å². The van der Waals surface area contributed by atoms with Gasteiger partial charge in [0.05, 0.1) is 0 Å². The first-order valence-corrected chi connectivity index (χ1v) is 5.62. The number of hydrogen-bond acceptors (Lipinski definition) is 2. The lowest BCUT2D eigenvalue weighted by molar-refractivity contribution is -0.121. The van der Waals surface area contributed by atoms with Crippen LogP contribution in [0.5, 0.6) is 0 Å². The molecule has 4 heteroatoms. The van der Waals surface area contributed by atoms with Crippen molar-refractivity contribution in [1.29, 1.82) is 0 Å². The Labute approximate surface area is 91.8 Å². The molecule has 88 valence electrons. The monoisotopic (exact) mass is 214 g/mol. The highest BCUT2D eigenvalue weighted by Gasteiger charge is 1.99. The topological polar surface area (TPSA) is 58.2 Å². The first kappa shape index (κ1) is 13.9. The van der Waals surface area contributed by atoms with E-state index in [0.717, 1.165) is 32.1 Å². The third-order valence-corrected chi connectivity index (χ3v) is 2.37. The van der Waals surface area contributed by atoms with Crippen molar-refractivity contribution < 1.29 is 9.59 Å². The zero-order valence-corrected chi connectivity index (χ0v) is 9.77. The van der Waals surface area contributed by atoms with E-state index in [4.69, 9.17) is 0 Å². The largest absolute Gasteiger partial charge is 0.359 e. The van der Waals surface area contributed by atoms with Gasteiger partial charge in [-0.2, -0.15) is 0 Å². The van der Waals surface area contributed by atoms with Gasteiger partial charge in [0, 0.05) is 26.9 Å². The molecule has 0 aliphatic rings. The Kier molecular flexibility index (Phi) is 8.82. The number of amides is 2. The smallest absolute Gasteiger partial charge is 0.219 e. The van der Waals surface area contributed by atoms with Crippen LogP contribution < -0.4 is 10.6 Å². The van der Waals surface area contributed by atoms with E-state index in [1.165, 1.54) is 0 Å². The van der Waals surface area contributed by atoms with Crippen LogP contribution in [-0.2, 0) is 9.59 Å². The molecule has 0 spiro atoms. The Balaban J connectivity index is 3.11. The van der Waals surface area contributed by atoms with E-state index in [2.05, 4.69) is 10.6 Å². The Morgan fingerprint density at radius 2 is 1.07 bits per heavy atom. The zero-order chi connectivity index (χ0) is 11.5. The van der Waals surface area contributed by atoms with Crippen molar-refractivity contribution in [2.24, 2.45) is 0 Å². The lowest BCUT2D eigenvalue weighted by Gasteiger charge is -2.01. The summed E-state index contributed by atoms with van der Waals surface area (Å²) in [6.07, 6.45) is 6.37. The summed E-state index contributed by atoms with van der Waals surface area (Å²) in [5.41, 5.74) is 0. The molecule has 0 fully saturated rings. The van der Waals surface area contributed by atoms with Crippen LogP contribution in [-0.4, -0.2) is 25.9 Å². The fourth-order valence-electron chi connectivity index (χ4n) is 1.35. The highest BCUT2D eigenvalue weighted by atomic mass is 16.2. The van der Waals surface area contributed by atoms with Crippen LogP contribution in [0.1, 0.15) is 44.9 Å². The predicted molar refractivity (Wildman–Crippen MR) is 60.5 cm³/mol. The molecule has 0 rings (SSSR count). The minimum absolute atomic E-state index is 0.111. The maximum atomic E-state index is 10.9. The summed E-state index contributed by atoms with van der Waals surface area (Å²) in [5, 5.41) is 5.20. The molecule has 0 aromatic heterocycles. The summed E-state index contributed by atoms with van der Waals surface area (Å²) in [5.74, 6) is 0.223. The van der Waals surface area contributed by atoms with Crippen LogP contribution in [0.25, 0.3) is 0 Å². The third-order valence-electron chi connectivity index (χ3n) is 2.37. The van der Waals surface area contributed by atoms with Gasteiger partial charge in [-0.25, -0.2) is 0 Å². The van der Waals surface area contributed by atoms with E-state index in [1.54, 1.807) is 14.1 Å². The molecule has 0 heterocycles. The van der Waals surface area contributed by atoms with Crippen LogP contribution in [0.3, 0.4) is 0 Å². The van der Waals surface area contributed by atoms with Gasteiger partial charge < -0.3 is 10.6 Å². The summed E-state index contributed by atoms with van der Waals surface area (Å²) >= 11 is 0. The molecule has 0 aromatic rings. The number of hydrogen-bond donors (Lipinski definition) is 2. The van der Waals surface area contributed by atoms with Crippen molar-refractivity contribution in [1.82, 2.24) is 10.6 Å². The summed E-state index contributed by atoms with van der Waals surface area (Å²) in [6, 6.07) is 0. The second-order valence-electron chi connectivity index (χ2n) is 3.61. The second kappa shape index (κ2) is 9.49. The first-order valence-electron chi connectivity index (χ1n) is 5.62. The van der Waals surface area contributed by atoms with Gasteiger partial charge in [-0.05, 0) is 12.8 Å². The molecule has 15 heavy (non-hydrogen) atoms. The minimum atomic E-state index is 0.111. The Morgan fingerprint density at radius 3 is 1.40 bits per heavy atom. The average Bonchev–Trinajstić information content (AvgIpc) is 2.26. The molecular weight excluding hydrogens is 192 g/mol. The van der Waals surface area contributed by atoms with Gasteiger partial charge in [-0.1, -0.05) is 19.3 Å². The van der Waals surface area contributed by atoms with E-state index in [9.17, 15) is 9.59 Å². The fraction of sp³-hybridized carbons (Fsp3) is 0.818. The Hall–Kier alpha value is -1.06. The maximum absolute atomic E-state index is 10.9.